The van der Waals surface area contributed by atoms with Crippen LogP contribution in [0.5, 0.6) is 0 Å². The first-order chi connectivity index (χ1) is 12.8. The second-order valence-corrected chi connectivity index (χ2v) is 6.80. The number of aromatic nitrogens is 2. The van der Waals surface area contributed by atoms with Crippen molar-refractivity contribution < 1.29 is 4.79 Å². The maximum Gasteiger partial charge on any atom is 0.271 e. The second-order valence-electron chi connectivity index (χ2n) is 6.80. The monoisotopic (exact) mass is 346 g/mol. The Labute approximate surface area is 153 Å². The summed E-state index contributed by atoms with van der Waals surface area (Å²) in [4.78, 5) is 22.6. The Balaban J connectivity index is 1.31. The number of carbonyl (C=O) groups is 1. The van der Waals surface area contributed by atoms with E-state index in [1.165, 1.54) is 22.5 Å². The molecule has 3 aromatic rings. The van der Waals surface area contributed by atoms with Gasteiger partial charge in [0, 0.05) is 38.1 Å². The average molecular weight is 346 g/mol. The summed E-state index contributed by atoms with van der Waals surface area (Å²) in [5.74, 6) is -0.133. The largest absolute Gasteiger partial charge is 0.348 e. The number of fused-ring (bicyclic) bond motifs is 1. The third-order valence-corrected chi connectivity index (χ3v) is 4.94. The van der Waals surface area contributed by atoms with Crippen LogP contribution in [0.1, 0.15) is 28.9 Å². The van der Waals surface area contributed by atoms with Crippen molar-refractivity contribution in [3.05, 3.63) is 72.3 Å². The molecule has 1 aliphatic heterocycles. The highest BCUT2D eigenvalue weighted by atomic mass is 16.1. The van der Waals surface area contributed by atoms with Crippen molar-refractivity contribution in [1.82, 2.24) is 20.2 Å². The normalized spacial score (nSPS) is 15.8. The van der Waals surface area contributed by atoms with Gasteiger partial charge in [-0.1, -0.05) is 36.4 Å². The molecule has 2 heterocycles. The van der Waals surface area contributed by atoms with Crippen molar-refractivity contribution in [2.75, 3.05) is 13.1 Å². The Hall–Kier alpha value is -2.79. The maximum atomic E-state index is 12.2. The summed E-state index contributed by atoms with van der Waals surface area (Å²) in [6.45, 7) is 2.92. The fourth-order valence-electron chi connectivity index (χ4n) is 3.51. The minimum absolute atomic E-state index is 0.133. The van der Waals surface area contributed by atoms with Crippen molar-refractivity contribution in [2.24, 2.45) is 0 Å². The summed E-state index contributed by atoms with van der Waals surface area (Å²) in [5, 5.41) is 5.64. The molecular formula is C21H22N4O. The predicted molar refractivity (Wildman–Crippen MR) is 102 cm³/mol. The summed E-state index contributed by atoms with van der Waals surface area (Å²) in [5.41, 5.74) is 1.72. The summed E-state index contributed by atoms with van der Waals surface area (Å²) in [7, 11) is 0. The van der Waals surface area contributed by atoms with Gasteiger partial charge in [-0.25, -0.2) is 4.98 Å². The molecule has 26 heavy (non-hydrogen) atoms. The van der Waals surface area contributed by atoms with Crippen molar-refractivity contribution in [3.8, 4) is 0 Å². The molecule has 4 rings (SSSR count). The first-order valence-corrected chi connectivity index (χ1v) is 9.05. The van der Waals surface area contributed by atoms with Crippen molar-refractivity contribution in [3.63, 3.8) is 0 Å². The van der Waals surface area contributed by atoms with Gasteiger partial charge >= 0.3 is 0 Å². The number of carbonyl (C=O) groups excluding carboxylic acids is 1. The van der Waals surface area contributed by atoms with Crippen LogP contribution in [0.15, 0.2) is 61.1 Å². The van der Waals surface area contributed by atoms with Gasteiger partial charge in [0.05, 0.1) is 6.20 Å². The molecule has 0 bridgehead atoms. The van der Waals surface area contributed by atoms with Crippen LogP contribution in [0.3, 0.4) is 0 Å². The SMILES string of the molecule is O=C(NC1CCN(Cc2ccc3ccccc3c2)CC1)c1cnccn1. The predicted octanol–water partition coefficient (Wildman–Crippen LogP) is 3.02. The van der Waals surface area contributed by atoms with E-state index in [0.29, 0.717) is 5.69 Å². The molecule has 1 amide bonds. The first-order valence-electron chi connectivity index (χ1n) is 9.05. The van der Waals surface area contributed by atoms with E-state index < -0.39 is 0 Å². The maximum absolute atomic E-state index is 12.2. The zero-order valence-corrected chi connectivity index (χ0v) is 14.6. The molecule has 0 atom stereocenters. The van der Waals surface area contributed by atoms with E-state index in [4.69, 9.17) is 0 Å². The molecule has 0 aliphatic carbocycles. The van der Waals surface area contributed by atoms with E-state index >= 15 is 0 Å². The number of amides is 1. The van der Waals surface area contributed by atoms with E-state index in [1.54, 1.807) is 12.4 Å². The summed E-state index contributed by atoms with van der Waals surface area (Å²) in [6, 6.07) is 15.3. The van der Waals surface area contributed by atoms with Gasteiger partial charge in [0.2, 0.25) is 0 Å². The van der Waals surface area contributed by atoms with Crippen LogP contribution in [0, 0.1) is 0 Å². The van der Waals surface area contributed by atoms with E-state index in [0.717, 1.165) is 32.5 Å². The van der Waals surface area contributed by atoms with Gasteiger partial charge in [-0.05, 0) is 35.2 Å². The molecule has 5 nitrogen and oxygen atoms in total. The Morgan fingerprint density at radius 1 is 1.08 bits per heavy atom. The van der Waals surface area contributed by atoms with Crippen LogP contribution < -0.4 is 5.32 Å². The fourth-order valence-corrected chi connectivity index (χ4v) is 3.51. The number of nitrogens with one attached hydrogen (secondary N) is 1. The third kappa shape index (κ3) is 3.89. The van der Waals surface area contributed by atoms with Gasteiger partial charge in [0.15, 0.2) is 0 Å². The first kappa shape index (κ1) is 16.7. The molecule has 0 radical (unpaired) electrons. The zero-order valence-electron chi connectivity index (χ0n) is 14.6. The van der Waals surface area contributed by atoms with E-state index in [9.17, 15) is 4.79 Å². The number of hydrogen-bond donors (Lipinski definition) is 1. The number of rotatable bonds is 4. The number of benzene rings is 2. The Bertz CT molecular complexity index is 889. The van der Waals surface area contributed by atoms with Gasteiger partial charge < -0.3 is 5.32 Å². The molecular weight excluding hydrogens is 324 g/mol. The molecule has 2 aromatic carbocycles. The lowest BCUT2D eigenvalue weighted by Gasteiger charge is -2.32. The van der Waals surface area contributed by atoms with Crippen LogP contribution in [0.2, 0.25) is 0 Å². The van der Waals surface area contributed by atoms with Gasteiger partial charge in [0.25, 0.3) is 5.91 Å². The third-order valence-electron chi connectivity index (χ3n) is 4.94. The summed E-state index contributed by atoms with van der Waals surface area (Å²) >= 11 is 0. The molecule has 1 N–H and O–H groups in total. The molecule has 1 aromatic heterocycles. The molecule has 5 heteroatoms. The topological polar surface area (TPSA) is 58.1 Å². The lowest BCUT2D eigenvalue weighted by atomic mass is 10.0. The average Bonchev–Trinajstić information content (AvgIpc) is 2.70. The molecule has 132 valence electrons. The number of nitrogens with zero attached hydrogens (tertiary/aromatic N) is 3. The number of hydrogen-bond acceptors (Lipinski definition) is 4. The van der Waals surface area contributed by atoms with Crippen molar-refractivity contribution in [1.29, 1.82) is 0 Å². The summed E-state index contributed by atoms with van der Waals surface area (Å²) in [6.07, 6.45) is 6.53. The standard InChI is InChI=1S/C21H22N4O/c26-21(20-14-22-9-10-23-20)24-19-7-11-25(12-8-19)15-16-5-6-17-3-1-2-4-18(17)13-16/h1-6,9-10,13-14,19H,7-8,11-12,15H2,(H,24,26). The second kappa shape index (κ2) is 7.62. The summed E-state index contributed by atoms with van der Waals surface area (Å²) < 4.78 is 0. The zero-order chi connectivity index (χ0) is 17.8. The quantitative estimate of drug-likeness (QED) is 0.789. The lowest BCUT2D eigenvalue weighted by Crippen LogP contribution is -2.44. The molecule has 1 aliphatic rings. The smallest absolute Gasteiger partial charge is 0.271 e. The number of likely N-dealkylation sites (tertiary alicyclic amines) is 1. The van der Waals surface area contributed by atoms with Crippen LogP contribution >= 0.6 is 0 Å². The minimum Gasteiger partial charge on any atom is -0.348 e. The van der Waals surface area contributed by atoms with Gasteiger partial charge in [0.1, 0.15) is 5.69 Å². The Kier molecular flexibility index (Phi) is 4.88. The minimum atomic E-state index is -0.133. The molecule has 0 saturated carbocycles. The van der Waals surface area contributed by atoms with Crippen LogP contribution in [-0.4, -0.2) is 39.9 Å². The lowest BCUT2D eigenvalue weighted by molar-refractivity contribution is 0.0903. The highest BCUT2D eigenvalue weighted by molar-refractivity contribution is 5.92. The number of piperidine rings is 1. The van der Waals surface area contributed by atoms with Crippen LogP contribution in [0.25, 0.3) is 10.8 Å². The molecule has 0 spiro atoms. The molecule has 0 unspecified atom stereocenters. The highest BCUT2D eigenvalue weighted by Gasteiger charge is 2.21. The van der Waals surface area contributed by atoms with Crippen LogP contribution in [0.4, 0.5) is 0 Å². The van der Waals surface area contributed by atoms with E-state index in [1.807, 2.05) is 0 Å². The van der Waals surface area contributed by atoms with Crippen molar-refractivity contribution >= 4 is 16.7 Å². The fraction of sp³-hybridized carbons (Fsp3) is 0.286. The van der Waals surface area contributed by atoms with Gasteiger partial charge in [-0.15, -0.1) is 0 Å². The Morgan fingerprint density at radius 3 is 2.65 bits per heavy atom. The molecule has 1 fully saturated rings. The van der Waals surface area contributed by atoms with Crippen LogP contribution in [-0.2, 0) is 6.54 Å². The van der Waals surface area contributed by atoms with Gasteiger partial charge in [-0.3, -0.25) is 14.7 Å². The Morgan fingerprint density at radius 2 is 1.88 bits per heavy atom. The van der Waals surface area contributed by atoms with E-state index in [-0.39, 0.29) is 11.9 Å². The molecule has 1 saturated heterocycles. The highest BCUT2D eigenvalue weighted by Crippen LogP contribution is 2.19. The van der Waals surface area contributed by atoms with Gasteiger partial charge in [-0.2, -0.15) is 0 Å². The van der Waals surface area contributed by atoms with Crippen molar-refractivity contribution in [2.45, 2.75) is 25.4 Å². The van der Waals surface area contributed by atoms with E-state index in [2.05, 4.69) is 62.6 Å².